The molecule has 1 rings (SSSR count). The fraction of sp³-hybridized carbons (Fsp3) is 0.455. The van der Waals surface area contributed by atoms with E-state index in [1.54, 1.807) is 6.92 Å². The third kappa shape index (κ3) is 6.17. The summed E-state index contributed by atoms with van der Waals surface area (Å²) in [6.07, 6.45) is 1.25. The predicted molar refractivity (Wildman–Crippen MR) is 56.3 cm³/mol. The van der Waals surface area contributed by atoms with Crippen LogP contribution in [0.5, 0.6) is 0 Å². The monoisotopic (exact) mass is 195 g/mol. The van der Waals surface area contributed by atoms with Gasteiger partial charge in [0.1, 0.15) is 0 Å². The summed E-state index contributed by atoms with van der Waals surface area (Å²) in [6.45, 7) is 5.73. The van der Waals surface area contributed by atoms with Gasteiger partial charge in [0.05, 0.1) is 0 Å². The number of carbonyl (C=O) groups is 1. The number of nitrogens with zero attached hydrogens (tertiary/aromatic N) is 1. The maximum absolute atomic E-state index is 9.37. The van der Waals surface area contributed by atoms with Crippen molar-refractivity contribution in [2.24, 2.45) is 0 Å². The highest BCUT2D eigenvalue weighted by Gasteiger charge is 1.87. The van der Waals surface area contributed by atoms with Gasteiger partial charge in [0.25, 0.3) is 0 Å². The molecule has 0 saturated carbocycles. The van der Waals surface area contributed by atoms with E-state index in [-0.39, 0.29) is 6.42 Å². The molecule has 0 aromatic carbocycles. The zero-order valence-electron chi connectivity index (χ0n) is 8.95. The van der Waals surface area contributed by atoms with Gasteiger partial charge in [-0.05, 0) is 25.5 Å². The van der Waals surface area contributed by atoms with E-state index in [1.165, 1.54) is 5.69 Å². The highest BCUT2D eigenvalue weighted by molar-refractivity contribution is 5.66. The standard InChI is InChI=1S/C8H11N.C3H6O2/c1-3-8-6-4-5-7(2)9-8;1-2-3(4)5/h4-6H,3H2,1-2H3;2H2,1H3,(H,4,5). The van der Waals surface area contributed by atoms with Gasteiger partial charge in [-0.3, -0.25) is 9.78 Å². The van der Waals surface area contributed by atoms with E-state index >= 15 is 0 Å². The first-order chi connectivity index (χ1) is 6.60. The molecule has 0 spiro atoms. The summed E-state index contributed by atoms with van der Waals surface area (Å²) in [5, 5.41) is 7.72. The summed E-state index contributed by atoms with van der Waals surface area (Å²) in [6, 6.07) is 6.10. The van der Waals surface area contributed by atoms with Crippen molar-refractivity contribution in [1.29, 1.82) is 0 Å². The average Bonchev–Trinajstić information content (AvgIpc) is 2.18. The smallest absolute Gasteiger partial charge is 0.303 e. The maximum Gasteiger partial charge on any atom is 0.303 e. The fourth-order valence-electron chi connectivity index (χ4n) is 0.796. The van der Waals surface area contributed by atoms with Crippen LogP contribution in [0.2, 0.25) is 0 Å². The van der Waals surface area contributed by atoms with Gasteiger partial charge in [-0.1, -0.05) is 19.9 Å². The SMILES string of the molecule is CCC(=O)O.CCc1cccc(C)n1. The number of aryl methyl sites for hydroxylation is 2. The van der Waals surface area contributed by atoms with Crippen LogP contribution < -0.4 is 0 Å². The van der Waals surface area contributed by atoms with Crippen molar-refractivity contribution in [1.82, 2.24) is 4.98 Å². The first-order valence-electron chi connectivity index (χ1n) is 4.74. The number of hydrogen-bond donors (Lipinski definition) is 1. The summed E-state index contributed by atoms with van der Waals surface area (Å²) >= 11 is 0. The number of carboxylic acids is 1. The van der Waals surface area contributed by atoms with Crippen molar-refractivity contribution in [2.75, 3.05) is 0 Å². The minimum absolute atomic E-state index is 0.222. The van der Waals surface area contributed by atoms with Crippen LogP contribution in [0.3, 0.4) is 0 Å². The molecule has 3 heteroatoms. The van der Waals surface area contributed by atoms with Gasteiger partial charge in [0, 0.05) is 17.8 Å². The molecule has 3 nitrogen and oxygen atoms in total. The van der Waals surface area contributed by atoms with E-state index in [9.17, 15) is 4.79 Å². The third-order valence-corrected chi connectivity index (χ3v) is 1.61. The second kappa shape index (κ2) is 7.06. The van der Waals surface area contributed by atoms with E-state index < -0.39 is 5.97 Å². The Morgan fingerprint density at radius 1 is 1.43 bits per heavy atom. The lowest BCUT2D eigenvalue weighted by Gasteiger charge is -1.94. The molecule has 0 bridgehead atoms. The van der Waals surface area contributed by atoms with Gasteiger partial charge >= 0.3 is 5.97 Å². The van der Waals surface area contributed by atoms with Crippen molar-refractivity contribution in [3.8, 4) is 0 Å². The molecule has 0 fully saturated rings. The lowest BCUT2D eigenvalue weighted by atomic mass is 10.3. The van der Waals surface area contributed by atoms with Crippen LogP contribution >= 0.6 is 0 Å². The quantitative estimate of drug-likeness (QED) is 0.788. The molecule has 14 heavy (non-hydrogen) atoms. The molecule has 1 N–H and O–H groups in total. The van der Waals surface area contributed by atoms with Crippen LogP contribution in [0.4, 0.5) is 0 Å². The van der Waals surface area contributed by atoms with E-state index in [0.717, 1.165) is 12.1 Å². The molecule has 0 atom stereocenters. The Bertz CT molecular complexity index is 284. The lowest BCUT2D eigenvalue weighted by molar-refractivity contribution is -0.136. The topological polar surface area (TPSA) is 50.2 Å². The zero-order chi connectivity index (χ0) is 11.0. The Kier molecular flexibility index (Phi) is 6.37. The molecule has 0 saturated heterocycles. The highest BCUT2D eigenvalue weighted by atomic mass is 16.4. The zero-order valence-corrected chi connectivity index (χ0v) is 8.95. The minimum atomic E-state index is -0.745. The van der Waals surface area contributed by atoms with Crippen LogP contribution in [0, 0.1) is 6.92 Å². The lowest BCUT2D eigenvalue weighted by Crippen LogP contribution is -1.87. The van der Waals surface area contributed by atoms with Crippen LogP contribution in [0.1, 0.15) is 31.7 Å². The second-order valence-corrected chi connectivity index (χ2v) is 2.87. The van der Waals surface area contributed by atoms with Crippen LogP contribution in [0.25, 0.3) is 0 Å². The Labute approximate surface area is 84.8 Å². The predicted octanol–water partition coefficient (Wildman–Crippen LogP) is 2.43. The van der Waals surface area contributed by atoms with Crippen molar-refractivity contribution >= 4 is 5.97 Å². The number of pyridine rings is 1. The van der Waals surface area contributed by atoms with Gasteiger partial charge in [-0.2, -0.15) is 0 Å². The van der Waals surface area contributed by atoms with Crippen molar-refractivity contribution in [3.05, 3.63) is 29.6 Å². The molecule has 1 aromatic heterocycles. The first kappa shape index (κ1) is 12.6. The molecule has 0 aliphatic rings. The maximum atomic E-state index is 9.37. The number of carboxylic acid groups (broad SMARTS) is 1. The summed E-state index contributed by atoms with van der Waals surface area (Å²) in [4.78, 5) is 13.7. The molecular formula is C11H17NO2. The van der Waals surface area contributed by atoms with Gasteiger partial charge in [-0.25, -0.2) is 0 Å². The van der Waals surface area contributed by atoms with Crippen LogP contribution in [-0.2, 0) is 11.2 Å². The molecule has 0 aliphatic carbocycles. The third-order valence-electron chi connectivity index (χ3n) is 1.61. The van der Waals surface area contributed by atoms with E-state index in [0.29, 0.717) is 0 Å². The van der Waals surface area contributed by atoms with Crippen molar-refractivity contribution in [3.63, 3.8) is 0 Å². The van der Waals surface area contributed by atoms with E-state index in [4.69, 9.17) is 5.11 Å². The summed E-state index contributed by atoms with van der Waals surface area (Å²) < 4.78 is 0. The molecule has 0 radical (unpaired) electrons. The number of rotatable bonds is 2. The van der Waals surface area contributed by atoms with Crippen molar-refractivity contribution in [2.45, 2.75) is 33.6 Å². The van der Waals surface area contributed by atoms with Gasteiger partial charge in [0.2, 0.25) is 0 Å². The highest BCUT2D eigenvalue weighted by Crippen LogP contribution is 1.97. The average molecular weight is 195 g/mol. The summed E-state index contributed by atoms with van der Waals surface area (Å²) in [7, 11) is 0. The molecule has 1 heterocycles. The number of aromatic nitrogens is 1. The van der Waals surface area contributed by atoms with E-state index in [1.807, 2.05) is 25.1 Å². The molecule has 0 unspecified atom stereocenters. The van der Waals surface area contributed by atoms with Gasteiger partial charge < -0.3 is 5.11 Å². The van der Waals surface area contributed by atoms with E-state index in [2.05, 4.69) is 11.9 Å². The van der Waals surface area contributed by atoms with Crippen LogP contribution in [-0.4, -0.2) is 16.1 Å². The molecule has 78 valence electrons. The first-order valence-corrected chi connectivity index (χ1v) is 4.74. The number of aliphatic carboxylic acids is 1. The van der Waals surface area contributed by atoms with Gasteiger partial charge in [0.15, 0.2) is 0 Å². The molecular weight excluding hydrogens is 178 g/mol. The Morgan fingerprint density at radius 2 is 2.00 bits per heavy atom. The minimum Gasteiger partial charge on any atom is -0.481 e. The molecule has 0 amide bonds. The summed E-state index contributed by atoms with van der Waals surface area (Å²) in [5.74, 6) is -0.745. The Balaban J connectivity index is 0.000000292. The second-order valence-electron chi connectivity index (χ2n) is 2.87. The normalized spacial score (nSPS) is 8.79. The van der Waals surface area contributed by atoms with Gasteiger partial charge in [-0.15, -0.1) is 0 Å². The fourth-order valence-corrected chi connectivity index (χ4v) is 0.796. The van der Waals surface area contributed by atoms with Crippen molar-refractivity contribution < 1.29 is 9.90 Å². The largest absolute Gasteiger partial charge is 0.481 e. The Hall–Kier alpha value is -1.38. The van der Waals surface area contributed by atoms with Crippen LogP contribution in [0.15, 0.2) is 18.2 Å². The Morgan fingerprint density at radius 3 is 2.29 bits per heavy atom. The molecule has 1 aromatic rings. The summed E-state index contributed by atoms with van der Waals surface area (Å²) in [5.41, 5.74) is 2.28. The number of hydrogen-bond acceptors (Lipinski definition) is 2. The molecule has 0 aliphatic heterocycles.